The number of hydrogen-bond acceptors (Lipinski definition) is 2. The smallest absolute Gasteiger partial charge is 0.122 e. The third-order valence-electron chi connectivity index (χ3n) is 1.39. The van der Waals surface area contributed by atoms with Gasteiger partial charge in [0.1, 0.15) is 5.75 Å². The Balaban J connectivity index is 3.14. The van der Waals surface area contributed by atoms with Gasteiger partial charge in [-0.2, -0.15) is 5.26 Å². The summed E-state index contributed by atoms with van der Waals surface area (Å²) in [5, 5.41) is 17.9. The Morgan fingerprint density at radius 3 is 2.50 bits per heavy atom. The van der Waals surface area contributed by atoms with Gasteiger partial charge in [0, 0.05) is 5.56 Å². The Morgan fingerprint density at radius 1 is 1.42 bits per heavy atom. The Morgan fingerprint density at radius 2 is 2.08 bits per heavy atom. The maximum absolute atomic E-state index is 9.38. The van der Waals surface area contributed by atoms with E-state index in [0.717, 1.165) is 0 Å². The van der Waals surface area contributed by atoms with Gasteiger partial charge in [0.2, 0.25) is 0 Å². The number of phenols is 1. The molecule has 0 amide bonds. The van der Waals surface area contributed by atoms with Gasteiger partial charge in [-0.1, -0.05) is 37.9 Å². The first-order valence-electron chi connectivity index (χ1n) is 3.16. The Labute approximate surface area is 87.1 Å². The first-order chi connectivity index (χ1) is 5.65. The van der Waals surface area contributed by atoms with Crippen LogP contribution in [0.5, 0.6) is 5.75 Å². The van der Waals surface area contributed by atoms with E-state index in [1.54, 1.807) is 12.1 Å². The zero-order valence-corrected chi connectivity index (χ0v) is 9.13. The fourth-order valence-electron chi connectivity index (χ4n) is 0.798. The van der Waals surface area contributed by atoms with Crippen molar-refractivity contribution in [3.63, 3.8) is 0 Å². The summed E-state index contributed by atoms with van der Waals surface area (Å²) < 4.78 is -0.0854. The summed E-state index contributed by atoms with van der Waals surface area (Å²) in [6.07, 6.45) is 0. The summed E-state index contributed by atoms with van der Waals surface area (Å²) in [5.74, 6) is 0.118. The van der Waals surface area contributed by atoms with Crippen molar-refractivity contribution in [1.82, 2.24) is 0 Å². The number of phenolic OH excluding ortho intramolecular Hbond substituents is 1. The summed E-state index contributed by atoms with van der Waals surface area (Å²) in [6, 6.07) is 6.73. The molecule has 0 atom stereocenters. The van der Waals surface area contributed by atoms with Crippen molar-refractivity contribution in [1.29, 1.82) is 5.26 Å². The number of benzene rings is 1. The molecule has 0 bridgehead atoms. The van der Waals surface area contributed by atoms with Crippen LogP contribution in [0.3, 0.4) is 0 Å². The minimum atomic E-state index is -0.0854. The maximum atomic E-state index is 9.38. The van der Waals surface area contributed by atoms with E-state index in [2.05, 4.69) is 31.9 Å². The Bertz CT molecular complexity index is 330. The first kappa shape index (κ1) is 9.56. The molecule has 0 saturated carbocycles. The lowest BCUT2D eigenvalue weighted by atomic mass is 10.1. The van der Waals surface area contributed by atoms with Gasteiger partial charge in [0.15, 0.2) is 0 Å². The quantitative estimate of drug-likeness (QED) is 0.808. The van der Waals surface area contributed by atoms with Crippen LogP contribution in [0.2, 0.25) is 0 Å². The fourth-order valence-corrected chi connectivity index (χ4v) is 1.57. The molecule has 1 N–H and O–H groups in total. The van der Waals surface area contributed by atoms with Crippen LogP contribution in [-0.4, -0.2) is 5.11 Å². The van der Waals surface area contributed by atoms with E-state index in [0.29, 0.717) is 11.1 Å². The molecule has 0 aliphatic rings. The average molecular weight is 291 g/mol. The average Bonchev–Trinajstić information content (AvgIpc) is 2.03. The molecule has 0 radical (unpaired) electrons. The molecule has 2 nitrogen and oxygen atoms in total. The highest BCUT2D eigenvalue weighted by atomic mass is 79.9. The zero-order valence-electron chi connectivity index (χ0n) is 5.96. The topological polar surface area (TPSA) is 44.0 Å². The molecular formula is C8H5Br2NO. The van der Waals surface area contributed by atoms with Gasteiger partial charge in [-0.05, 0) is 12.1 Å². The molecule has 1 aromatic carbocycles. The summed E-state index contributed by atoms with van der Waals surface area (Å²) in [7, 11) is 0. The third kappa shape index (κ3) is 1.99. The molecule has 1 rings (SSSR count). The fraction of sp³-hybridized carbons (Fsp3) is 0.125. The molecule has 0 fully saturated rings. The van der Waals surface area contributed by atoms with Gasteiger partial charge in [-0.25, -0.2) is 0 Å². The van der Waals surface area contributed by atoms with E-state index in [1.165, 1.54) is 6.07 Å². The second-order valence-electron chi connectivity index (χ2n) is 2.19. The van der Waals surface area contributed by atoms with Crippen LogP contribution in [0.1, 0.15) is 14.9 Å². The summed E-state index contributed by atoms with van der Waals surface area (Å²) in [5.41, 5.74) is 1.17. The molecule has 4 heteroatoms. The molecule has 1 aromatic rings. The molecule has 0 aliphatic heterocycles. The molecule has 0 saturated heterocycles. The zero-order chi connectivity index (χ0) is 9.14. The molecule has 0 aliphatic carbocycles. The lowest BCUT2D eigenvalue weighted by Gasteiger charge is -2.04. The minimum absolute atomic E-state index is 0.0854. The SMILES string of the molecule is N#Cc1ccc(C(Br)Br)c(O)c1. The van der Waals surface area contributed by atoms with Crippen molar-refractivity contribution in [2.24, 2.45) is 0 Å². The van der Waals surface area contributed by atoms with Crippen LogP contribution >= 0.6 is 31.9 Å². The molecule has 0 heterocycles. The minimum Gasteiger partial charge on any atom is -0.508 e. The number of nitriles is 1. The molecule has 12 heavy (non-hydrogen) atoms. The van der Waals surface area contributed by atoms with Gasteiger partial charge in [0.25, 0.3) is 0 Å². The van der Waals surface area contributed by atoms with Crippen LogP contribution in [0.15, 0.2) is 18.2 Å². The number of nitrogens with zero attached hydrogens (tertiary/aromatic N) is 1. The lowest BCUT2D eigenvalue weighted by molar-refractivity contribution is 0.470. The van der Waals surface area contributed by atoms with Crippen LogP contribution in [0.4, 0.5) is 0 Å². The van der Waals surface area contributed by atoms with Gasteiger partial charge in [-0.3, -0.25) is 0 Å². The van der Waals surface area contributed by atoms with Gasteiger partial charge in [0.05, 0.1) is 15.4 Å². The number of rotatable bonds is 1. The van der Waals surface area contributed by atoms with Crippen molar-refractivity contribution >= 4 is 31.9 Å². The molecule has 0 spiro atoms. The van der Waals surface area contributed by atoms with Crippen molar-refractivity contribution in [3.8, 4) is 11.8 Å². The van der Waals surface area contributed by atoms with E-state index < -0.39 is 0 Å². The largest absolute Gasteiger partial charge is 0.508 e. The first-order valence-corrected chi connectivity index (χ1v) is 4.99. The van der Waals surface area contributed by atoms with Crippen LogP contribution in [0, 0.1) is 11.3 Å². The highest BCUT2D eigenvalue weighted by Gasteiger charge is 2.08. The summed E-state index contributed by atoms with van der Waals surface area (Å²) in [6.45, 7) is 0. The van der Waals surface area contributed by atoms with Gasteiger partial charge in [-0.15, -0.1) is 0 Å². The van der Waals surface area contributed by atoms with Crippen molar-refractivity contribution in [2.45, 2.75) is 3.74 Å². The number of alkyl halides is 2. The van der Waals surface area contributed by atoms with Crippen LogP contribution in [0.25, 0.3) is 0 Å². The van der Waals surface area contributed by atoms with Crippen molar-refractivity contribution in [3.05, 3.63) is 29.3 Å². The number of aromatic hydroxyl groups is 1. The number of halogens is 2. The lowest BCUT2D eigenvalue weighted by Crippen LogP contribution is -1.83. The van der Waals surface area contributed by atoms with Crippen molar-refractivity contribution < 1.29 is 5.11 Å². The second kappa shape index (κ2) is 3.92. The maximum Gasteiger partial charge on any atom is 0.122 e. The van der Waals surface area contributed by atoms with E-state index in [-0.39, 0.29) is 9.49 Å². The standard InChI is InChI=1S/C8H5Br2NO/c9-8(10)6-2-1-5(4-11)3-7(6)12/h1-3,8,12H. The van der Waals surface area contributed by atoms with E-state index in [9.17, 15) is 5.11 Å². The predicted octanol–water partition coefficient (Wildman–Crippen LogP) is 3.05. The second-order valence-corrected chi connectivity index (χ2v) is 5.25. The highest BCUT2D eigenvalue weighted by Crippen LogP contribution is 2.35. The highest BCUT2D eigenvalue weighted by molar-refractivity contribution is 9.24. The molecule has 0 unspecified atom stereocenters. The predicted molar refractivity (Wildman–Crippen MR) is 53.4 cm³/mol. The Kier molecular flexibility index (Phi) is 3.12. The van der Waals surface area contributed by atoms with Gasteiger partial charge < -0.3 is 5.11 Å². The van der Waals surface area contributed by atoms with E-state index in [1.807, 2.05) is 6.07 Å². The molecular weight excluding hydrogens is 286 g/mol. The molecule has 62 valence electrons. The molecule has 0 aromatic heterocycles. The van der Waals surface area contributed by atoms with E-state index in [4.69, 9.17) is 5.26 Å². The van der Waals surface area contributed by atoms with Crippen LogP contribution < -0.4 is 0 Å². The van der Waals surface area contributed by atoms with Crippen LogP contribution in [-0.2, 0) is 0 Å². The normalized spacial score (nSPS) is 9.83. The van der Waals surface area contributed by atoms with Gasteiger partial charge >= 0.3 is 0 Å². The third-order valence-corrected chi connectivity index (χ3v) is 2.38. The summed E-state index contributed by atoms with van der Waals surface area (Å²) >= 11 is 6.51. The monoisotopic (exact) mass is 289 g/mol. The van der Waals surface area contributed by atoms with Crippen molar-refractivity contribution in [2.75, 3.05) is 0 Å². The Hall–Kier alpha value is -0.530. The number of hydrogen-bond donors (Lipinski definition) is 1. The summed E-state index contributed by atoms with van der Waals surface area (Å²) in [4.78, 5) is 0. The van der Waals surface area contributed by atoms with E-state index >= 15 is 0 Å².